The molecule has 26 heavy (non-hydrogen) atoms. The number of methoxy groups -OCH3 is 2. The van der Waals surface area contributed by atoms with E-state index >= 15 is 0 Å². The van der Waals surface area contributed by atoms with Gasteiger partial charge in [-0.2, -0.15) is 0 Å². The van der Waals surface area contributed by atoms with Crippen molar-refractivity contribution in [3.63, 3.8) is 0 Å². The van der Waals surface area contributed by atoms with Crippen molar-refractivity contribution in [1.29, 1.82) is 0 Å². The zero-order valence-electron chi connectivity index (χ0n) is 14.5. The predicted molar refractivity (Wildman–Crippen MR) is 94.0 cm³/mol. The van der Waals surface area contributed by atoms with E-state index in [9.17, 15) is 14.0 Å². The lowest BCUT2D eigenvalue weighted by molar-refractivity contribution is -0.116. The van der Waals surface area contributed by atoms with Crippen LogP contribution in [0.2, 0.25) is 0 Å². The molecule has 7 heteroatoms. The normalized spacial score (nSPS) is 10.4. The van der Waals surface area contributed by atoms with Crippen LogP contribution >= 0.6 is 0 Å². The zero-order valence-corrected chi connectivity index (χ0v) is 14.5. The van der Waals surface area contributed by atoms with Gasteiger partial charge in [-0.05, 0) is 47.9 Å². The first-order valence-electron chi connectivity index (χ1n) is 7.91. The highest BCUT2D eigenvalue weighted by Gasteiger charge is 2.10. The van der Waals surface area contributed by atoms with Gasteiger partial charge in [0.25, 0.3) is 0 Å². The summed E-state index contributed by atoms with van der Waals surface area (Å²) >= 11 is 0. The lowest BCUT2D eigenvalue weighted by Gasteiger charge is -2.10. The van der Waals surface area contributed by atoms with E-state index in [1.165, 1.54) is 38.5 Å². The third-order valence-electron chi connectivity index (χ3n) is 3.69. The average Bonchev–Trinajstić information content (AvgIpc) is 2.60. The van der Waals surface area contributed by atoms with Gasteiger partial charge < -0.3 is 19.9 Å². The standard InChI is InChI=1S/C19H20FNO5/c1-25-11-13-7-14(19(23)24)10-15(8-13)21-18(22)6-4-12-3-5-17(26-2)16(20)9-12/h3,5,7-10H,4,6,11H2,1-2H3,(H,21,22)(H,23,24). The molecule has 0 atom stereocenters. The number of carbonyl (C=O) groups excluding carboxylic acids is 1. The molecule has 0 aliphatic heterocycles. The van der Waals surface area contributed by atoms with Crippen molar-refractivity contribution in [3.05, 3.63) is 58.9 Å². The third-order valence-corrected chi connectivity index (χ3v) is 3.69. The van der Waals surface area contributed by atoms with Crippen molar-refractivity contribution >= 4 is 17.6 Å². The van der Waals surface area contributed by atoms with Gasteiger partial charge in [0, 0.05) is 19.2 Å². The first-order valence-corrected chi connectivity index (χ1v) is 7.91. The topological polar surface area (TPSA) is 84.9 Å². The number of carbonyl (C=O) groups is 2. The Labute approximate surface area is 150 Å². The summed E-state index contributed by atoms with van der Waals surface area (Å²) in [5, 5.41) is 11.8. The highest BCUT2D eigenvalue weighted by Crippen LogP contribution is 2.19. The second-order valence-corrected chi connectivity index (χ2v) is 5.67. The number of amides is 1. The van der Waals surface area contributed by atoms with E-state index in [1.807, 2.05) is 0 Å². The van der Waals surface area contributed by atoms with E-state index in [-0.39, 0.29) is 30.2 Å². The number of carboxylic acids is 1. The monoisotopic (exact) mass is 361 g/mol. The lowest BCUT2D eigenvalue weighted by atomic mass is 10.1. The zero-order chi connectivity index (χ0) is 19.1. The summed E-state index contributed by atoms with van der Waals surface area (Å²) in [7, 11) is 2.88. The molecule has 6 nitrogen and oxygen atoms in total. The van der Waals surface area contributed by atoms with E-state index in [1.54, 1.807) is 12.1 Å². The first-order chi connectivity index (χ1) is 12.4. The summed E-state index contributed by atoms with van der Waals surface area (Å²) < 4.78 is 23.5. The number of ether oxygens (including phenoxy) is 2. The van der Waals surface area contributed by atoms with Crippen LogP contribution in [-0.2, 0) is 22.6 Å². The van der Waals surface area contributed by atoms with E-state index in [0.29, 0.717) is 23.2 Å². The van der Waals surface area contributed by atoms with Crippen LogP contribution in [-0.4, -0.2) is 31.2 Å². The van der Waals surface area contributed by atoms with Crippen molar-refractivity contribution in [2.75, 3.05) is 19.5 Å². The molecule has 1 amide bonds. The van der Waals surface area contributed by atoms with E-state index in [0.717, 1.165) is 0 Å². The van der Waals surface area contributed by atoms with Gasteiger partial charge in [0.05, 0.1) is 19.3 Å². The van der Waals surface area contributed by atoms with Crippen LogP contribution in [0.15, 0.2) is 36.4 Å². The number of nitrogens with one attached hydrogen (secondary N) is 1. The first kappa shape index (κ1) is 19.4. The summed E-state index contributed by atoms with van der Waals surface area (Å²) in [6.45, 7) is 0.231. The number of hydrogen-bond donors (Lipinski definition) is 2. The molecular weight excluding hydrogens is 341 g/mol. The SMILES string of the molecule is COCc1cc(NC(=O)CCc2ccc(OC)c(F)c2)cc(C(=O)O)c1. The van der Waals surface area contributed by atoms with Crippen molar-refractivity contribution in [2.45, 2.75) is 19.4 Å². The molecule has 0 radical (unpaired) electrons. The summed E-state index contributed by atoms with van der Waals surface area (Å²) in [4.78, 5) is 23.3. The molecule has 2 N–H and O–H groups in total. The molecule has 2 aromatic rings. The van der Waals surface area contributed by atoms with Gasteiger partial charge in [0.15, 0.2) is 11.6 Å². The van der Waals surface area contributed by atoms with Crippen molar-refractivity contribution < 1.29 is 28.6 Å². The van der Waals surface area contributed by atoms with Gasteiger partial charge in [-0.25, -0.2) is 9.18 Å². The van der Waals surface area contributed by atoms with Gasteiger partial charge in [0.2, 0.25) is 5.91 Å². The van der Waals surface area contributed by atoms with Crippen molar-refractivity contribution in [1.82, 2.24) is 0 Å². The fourth-order valence-electron chi connectivity index (χ4n) is 2.48. The Balaban J connectivity index is 2.03. The maximum absolute atomic E-state index is 13.7. The minimum Gasteiger partial charge on any atom is -0.494 e. The van der Waals surface area contributed by atoms with Gasteiger partial charge >= 0.3 is 5.97 Å². The molecule has 0 heterocycles. The Hall–Kier alpha value is -2.93. The summed E-state index contributed by atoms with van der Waals surface area (Å²) in [6.07, 6.45) is 0.471. The molecule has 0 saturated carbocycles. The average molecular weight is 361 g/mol. The molecule has 0 aliphatic rings. The fraction of sp³-hybridized carbons (Fsp3) is 0.263. The van der Waals surface area contributed by atoms with Crippen LogP contribution in [0.4, 0.5) is 10.1 Å². The minimum absolute atomic E-state index is 0.0621. The Morgan fingerprint density at radius 1 is 1.12 bits per heavy atom. The Kier molecular flexibility index (Phi) is 6.68. The van der Waals surface area contributed by atoms with Crippen LogP contribution in [0, 0.1) is 5.82 Å². The Morgan fingerprint density at radius 3 is 2.50 bits per heavy atom. The molecule has 2 aromatic carbocycles. The van der Waals surface area contributed by atoms with Crippen molar-refractivity contribution in [2.24, 2.45) is 0 Å². The van der Waals surface area contributed by atoms with Crippen LogP contribution in [0.3, 0.4) is 0 Å². The number of carboxylic acid groups (broad SMARTS) is 1. The second-order valence-electron chi connectivity index (χ2n) is 5.67. The van der Waals surface area contributed by atoms with E-state index in [2.05, 4.69) is 5.32 Å². The number of hydrogen-bond acceptors (Lipinski definition) is 4. The number of aromatic carboxylic acids is 1. The number of rotatable bonds is 8. The maximum Gasteiger partial charge on any atom is 0.335 e. The molecular formula is C19H20FNO5. The smallest absolute Gasteiger partial charge is 0.335 e. The van der Waals surface area contributed by atoms with Crippen LogP contribution < -0.4 is 10.1 Å². The minimum atomic E-state index is -1.09. The van der Waals surface area contributed by atoms with E-state index < -0.39 is 11.8 Å². The number of benzene rings is 2. The molecule has 0 bridgehead atoms. The Morgan fingerprint density at radius 2 is 1.88 bits per heavy atom. The van der Waals surface area contributed by atoms with Gasteiger partial charge in [0.1, 0.15) is 0 Å². The van der Waals surface area contributed by atoms with Crippen LogP contribution in [0.1, 0.15) is 27.9 Å². The van der Waals surface area contributed by atoms with Gasteiger partial charge in [-0.3, -0.25) is 4.79 Å². The van der Waals surface area contributed by atoms with Crippen molar-refractivity contribution in [3.8, 4) is 5.75 Å². The molecule has 0 aromatic heterocycles. The van der Waals surface area contributed by atoms with Crippen LogP contribution in [0.25, 0.3) is 0 Å². The molecule has 0 aliphatic carbocycles. The number of halogens is 1. The molecule has 2 rings (SSSR count). The quantitative estimate of drug-likeness (QED) is 0.754. The molecule has 0 spiro atoms. The van der Waals surface area contributed by atoms with Gasteiger partial charge in [-0.1, -0.05) is 6.07 Å². The Bertz CT molecular complexity index is 807. The third kappa shape index (κ3) is 5.29. The summed E-state index contributed by atoms with van der Waals surface area (Å²) in [6, 6.07) is 9.05. The summed E-state index contributed by atoms with van der Waals surface area (Å²) in [5.74, 6) is -1.72. The molecule has 0 unspecified atom stereocenters. The van der Waals surface area contributed by atoms with E-state index in [4.69, 9.17) is 14.6 Å². The van der Waals surface area contributed by atoms with Gasteiger partial charge in [-0.15, -0.1) is 0 Å². The fourth-order valence-corrected chi connectivity index (χ4v) is 2.48. The molecule has 138 valence electrons. The van der Waals surface area contributed by atoms with Crippen LogP contribution in [0.5, 0.6) is 5.75 Å². The lowest BCUT2D eigenvalue weighted by Crippen LogP contribution is -2.13. The predicted octanol–water partition coefficient (Wildman–Crippen LogP) is 3.25. The summed E-state index contributed by atoms with van der Waals surface area (Å²) in [5.41, 5.74) is 1.74. The number of anilines is 1. The molecule has 0 fully saturated rings. The maximum atomic E-state index is 13.7. The number of aryl methyl sites for hydroxylation is 1. The highest BCUT2D eigenvalue weighted by atomic mass is 19.1. The largest absolute Gasteiger partial charge is 0.494 e. The molecule has 0 saturated heterocycles. The highest BCUT2D eigenvalue weighted by molar-refractivity contribution is 5.94. The second kappa shape index (κ2) is 8.96.